The monoisotopic (exact) mass is 322 g/mol. The lowest BCUT2D eigenvalue weighted by atomic mass is 9.87. The highest BCUT2D eigenvalue weighted by Gasteiger charge is 2.38. The summed E-state index contributed by atoms with van der Waals surface area (Å²) in [4.78, 5) is 10.9. The SMILES string of the molecule is CN=C(NCCn1cncn1)N1CCSC2(CCCCC2)C1. The van der Waals surface area contributed by atoms with E-state index in [1.54, 1.807) is 12.7 Å². The molecule has 1 aliphatic heterocycles. The maximum Gasteiger partial charge on any atom is 0.193 e. The van der Waals surface area contributed by atoms with Gasteiger partial charge in [-0.25, -0.2) is 4.98 Å². The quantitative estimate of drug-likeness (QED) is 0.677. The van der Waals surface area contributed by atoms with Gasteiger partial charge in [0.1, 0.15) is 12.7 Å². The molecule has 1 aliphatic carbocycles. The number of hydrogen-bond donors (Lipinski definition) is 1. The van der Waals surface area contributed by atoms with Crippen LogP contribution in [0.3, 0.4) is 0 Å². The van der Waals surface area contributed by atoms with E-state index >= 15 is 0 Å². The molecule has 1 saturated heterocycles. The molecule has 0 amide bonds. The average molecular weight is 322 g/mol. The van der Waals surface area contributed by atoms with Crippen molar-refractivity contribution in [1.82, 2.24) is 25.0 Å². The normalized spacial score (nSPS) is 22.0. The molecule has 122 valence electrons. The van der Waals surface area contributed by atoms with E-state index in [4.69, 9.17) is 0 Å². The highest BCUT2D eigenvalue weighted by molar-refractivity contribution is 8.00. The molecule has 1 N–H and O–H groups in total. The van der Waals surface area contributed by atoms with Gasteiger partial charge in [0.05, 0.1) is 6.54 Å². The molecule has 0 aromatic carbocycles. The Hall–Kier alpha value is -1.24. The first-order valence-electron chi connectivity index (χ1n) is 8.23. The van der Waals surface area contributed by atoms with E-state index in [-0.39, 0.29) is 0 Å². The summed E-state index contributed by atoms with van der Waals surface area (Å²) in [7, 11) is 1.88. The number of thioether (sulfide) groups is 1. The van der Waals surface area contributed by atoms with Crippen molar-refractivity contribution < 1.29 is 0 Å². The maximum atomic E-state index is 4.49. The Morgan fingerprint density at radius 3 is 2.95 bits per heavy atom. The van der Waals surface area contributed by atoms with Gasteiger partial charge in [-0.05, 0) is 12.8 Å². The van der Waals surface area contributed by atoms with E-state index in [1.165, 1.54) is 37.9 Å². The molecule has 1 spiro atoms. The predicted octanol–water partition coefficient (Wildman–Crippen LogP) is 1.61. The number of nitrogens with zero attached hydrogens (tertiary/aromatic N) is 5. The zero-order chi connectivity index (χ0) is 15.3. The second-order valence-electron chi connectivity index (χ2n) is 6.15. The average Bonchev–Trinajstić information content (AvgIpc) is 3.06. The van der Waals surface area contributed by atoms with Crippen molar-refractivity contribution in [1.29, 1.82) is 0 Å². The number of aromatic nitrogens is 3. The van der Waals surface area contributed by atoms with Gasteiger partial charge in [0.15, 0.2) is 5.96 Å². The van der Waals surface area contributed by atoms with Crippen molar-refractivity contribution in [2.24, 2.45) is 4.99 Å². The number of rotatable bonds is 3. The van der Waals surface area contributed by atoms with Crippen molar-refractivity contribution in [3.05, 3.63) is 12.7 Å². The molecule has 0 atom stereocenters. The summed E-state index contributed by atoms with van der Waals surface area (Å²) in [6.07, 6.45) is 10.2. The fourth-order valence-electron chi connectivity index (χ4n) is 3.49. The van der Waals surface area contributed by atoms with Crippen molar-refractivity contribution in [2.45, 2.75) is 43.4 Å². The van der Waals surface area contributed by atoms with Crippen molar-refractivity contribution in [2.75, 3.05) is 32.4 Å². The van der Waals surface area contributed by atoms with Crippen LogP contribution in [0.25, 0.3) is 0 Å². The molecule has 22 heavy (non-hydrogen) atoms. The van der Waals surface area contributed by atoms with Gasteiger partial charge in [-0.1, -0.05) is 19.3 Å². The highest BCUT2D eigenvalue weighted by atomic mass is 32.2. The summed E-state index contributed by atoms with van der Waals surface area (Å²) in [5.74, 6) is 2.24. The lowest BCUT2D eigenvalue weighted by Crippen LogP contribution is -2.53. The van der Waals surface area contributed by atoms with Crippen molar-refractivity contribution in [3.8, 4) is 0 Å². The zero-order valence-corrected chi connectivity index (χ0v) is 14.2. The summed E-state index contributed by atoms with van der Waals surface area (Å²) in [6, 6.07) is 0. The van der Waals surface area contributed by atoms with Gasteiger partial charge in [0.2, 0.25) is 0 Å². The van der Waals surface area contributed by atoms with Gasteiger partial charge in [0.25, 0.3) is 0 Å². The molecule has 1 saturated carbocycles. The summed E-state index contributed by atoms with van der Waals surface area (Å²) in [6.45, 7) is 3.87. The van der Waals surface area contributed by atoms with E-state index in [2.05, 4.69) is 37.1 Å². The fraction of sp³-hybridized carbons (Fsp3) is 0.800. The minimum atomic E-state index is 0.472. The van der Waals surface area contributed by atoms with Crippen LogP contribution in [-0.2, 0) is 6.54 Å². The third-order valence-electron chi connectivity index (χ3n) is 4.62. The Morgan fingerprint density at radius 2 is 2.23 bits per heavy atom. The Kier molecular flexibility index (Phi) is 5.23. The van der Waals surface area contributed by atoms with Gasteiger partial charge in [-0.15, -0.1) is 0 Å². The molecular weight excluding hydrogens is 296 g/mol. The molecule has 0 radical (unpaired) electrons. The van der Waals surface area contributed by atoms with Crippen LogP contribution in [0.1, 0.15) is 32.1 Å². The minimum Gasteiger partial charge on any atom is -0.354 e. The summed E-state index contributed by atoms with van der Waals surface area (Å²) in [5.41, 5.74) is 0. The Bertz CT molecular complexity index is 475. The van der Waals surface area contributed by atoms with Gasteiger partial charge in [-0.2, -0.15) is 16.9 Å². The second-order valence-corrected chi connectivity index (χ2v) is 7.71. The molecule has 3 rings (SSSR count). The lowest BCUT2D eigenvalue weighted by Gasteiger charge is -2.45. The van der Waals surface area contributed by atoms with Gasteiger partial charge < -0.3 is 10.2 Å². The van der Waals surface area contributed by atoms with E-state index in [9.17, 15) is 0 Å². The third kappa shape index (κ3) is 3.74. The zero-order valence-electron chi connectivity index (χ0n) is 13.4. The van der Waals surface area contributed by atoms with E-state index in [0.29, 0.717) is 4.75 Å². The molecular formula is C15H26N6S. The Balaban J connectivity index is 1.53. The van der Waals surface area contributed by atoms with Crippen molar-refractivity contribution in [3.63, 3.8) is 0 Å². The summed E-state index contributed by atoms with van der Waals surface area (Å²) in [5, 5.41) is 7.61. The lowest BCUT2D eigenvalue weighted by molar-refractivity contribution is 0.293. The van der Waals surface area contributed by atoms with Crippen LogP contribution in [-0.4, -0.2) is 62.8 Å². The van der Waals surface area contributed by atoms with Gasteiger partial charge >= 0.3 is 0 Å². The van der Waals surface area contributed by atoms with E-state index in [1.807, 2.05) is 11.7 Å². The van der Waals surface area contributed by atoms with E-state index < -0.39 is 0 Å². The summed E-state index contributed by atoms with van der Waals surface area (Å²) >= 11 is 2.19. The third-order valence-corrected chi connectivity index (χ3v) is 6.15. The largest absolute Gasteiger partial charge is 0.354 e. The standard InChI is InChI=1S/C15H26N6S/c1-16-14(18-7-8-21-13-17-12-19-21)20-9-10-22-15(11-20)5-3-2-4-6-15/h12-13H,2-11H2,1H3,(H,16,18). The Labute approximate surface area is 136 Å². The van der Waals surface area contributed by atoms with Crippen LogP contribution in [0, 0.1) is 0 Å². The topological polar surface area (TPSA) is 58.3 Å². The number of nitrogens with one attached hydrogen (secondary N) is 1. The molecule has 0 bridgehead atoms. The Morgan fingerprint density at radius 1 is 1.36 bits per heavy atom. The highest BCUT2D eigenvalue weighted by Crippen LogP contribution is 2.42. The smallest absolute Gasteiger partial charge is 0.193 e. The molecule has 7 heteroatoms. The fourth-order valence-corrected chi connectivity index (χ4v) is 5.06. The van der Waals surface area contributed by atoms with Crippen LogP contribution in [0.15, 0.2) is 17.6 Å². The van der Waals surface area contributed by atoms with Crippen LogP contribution in [0.5, 0.6) is 0 Å². The molecule has 2 aliphatic rings. The van der Waals surface area contributed by atoms with E-state index in [0.717, 1.165) is 32.1 Å². The van der Waals surface area contributed by atoms with Gasteiger partial charge in [0, 0.05) is 37.2 Å². The minimum absolute atomic E-state index is 0.472. The second kappa shape index (κ2) is 7.35. The van der Waals surface area contributed by atoms with Crippen LogP contribution >= 0.6 is 11.8 Å². The van der Waals surface area contributed by atoms with Gasteiger partial charge in [-0.3, -0.25) is 9.67 Å². The number of guanidine groups is 1. The van der Waals surface area contributed by atoms with Crippen LogP contribution in [0.4, 0.5) is 0 Å². The molecule has 1 aromatic heterocycles. The molecule has 2 heterocycles. The first-order valence-corrected chi connectivity index (χ1v) is 9.22. The van der Waals surface area contributed by atoms with Crippen LogP contribution in [0.2, 0.25) is 0 Å². The molecule has 2 fully saturated rings. The molecule has 1 aromatic rings. The first kappa shape index (κ1) is 15.6. The number of hydrogen-bond acceptors (Lipinski definition) is 4. The summed E-state index contributed by atoms with van der Waals surface area (Å²) < 4.78 is 2.31. The van der Waals surface area contributed by atoms with Crippen molar-refractivity contribution >= 4 is 17.7 Å². The molecule has 0 unspecified atom stereocenters. The maximum absolute atomic E-state index is 4.49. The predicted molar refractivity (Wildman–Crippen MR) is 91.2 cm³/mol. The molecule has 6 nitrogen and oxygen atoms in total. The van der Waals surface area contributed by atoms with Crippen LogP contribution < -0.4 is 5.32 Å². The number of aliphatic imine (C=N–C) groups is 1. The first-order chi connectivity index (χ1) is 10.8.